The predicted octanol–water partition coefficient (Wildman–Crippen LogP) is 4.86. The fourth-order valence-electron chi connectivity index (χ4n) is 0. The summed E-state index contributed by atoms with van der Waals surface area (Å²) in [6.45, 7) is 18.8. The molecule has 0 amide bonds. The van der Waals surface area contributed by atoms with Gasteiger partial charge in [0, 0.05) is 18.6 Å². The monoisotopic (exact) mass is 222 g/mol. The average molecular weight is 222 g/mol. The summed E-state index contributed by atoms with van der Waals surface area (Å²) < 4.78 is 0. The largest absolute Gasteiger partial charge is 0.323 e. The zero-order valence-corrected chi connectivity index (χ0v) is 12.3. The third-order valence-corrected chi connectivity index (χ3v) is 0. The Kier molecular flexibility index (Phi) is 33.1. The number of rotatable bonds is 0. The first-order valence-corrected chi connectivity index (χ1v) is 4.50. The number of hydrogen-bond donors (Lipinski definition) is 0. The van der Waals surface area contributed by atoms with Crippen molar-refractivity contribution in [3.05, 3.63) is 17.8 Å². The molecule has 0 spiro atoms. The molecule has 0 rings (SSSR count). The Labute approximate surface area is 98.8 Å². The van der Waals surface area contributed by atoms with E-state index in [0.717, 1.165) is 0 Å². The first-order valence-electron chi connectivity index (χ1n) is 4.50. The van der Waals surface area contributed by atoms with Gasteiger partial charge in [0.15, 0.2) is 0 Å². The van der Waals surface area contributed by atoms with Crippen LogP contribution in [0.4, 0.5) is 0 Å². The van der Waals surface area contributed by atoms with Crippen LogP contribution in [0.5, 0.6) is 0 Å². The van der Waals surface area contributed by atoms with Gasteiger partial charge in [-0.05, 0) is 0 Å². The molecule has 0 fully saturated rings. The minimum Gasteiger partial charge on any atom is -0.323 e. The summed E-state index contributed by atoms with van der Waals surface area (Å²) in [5.74, 6) is 4.25. The molecule has 0 aromatic carbocycles. The van der Waals surface area contributed by atoms with Crippen LogP contribution < -0.4 is 0 Å². The van der Waals surface area contributed by atoms with Crippen molar-refractivity contribution < 1.29 is 18.6 Å². The molecule has 0 aliphatic carbocycles. The summed E-state index contributed by atoms with van der Waals surface area (Å²) in [5, 5.41) is 0. The smallest absolute Gasteiger partial charge is 0 e. The van der Waals surface area contributed by atoms with Crippen LogP contribution in [-0.2, 0) is 18.6 Å². The van der Waals surface area contributed by atoms with Crippen LogP contribution >= 0.6 is 0 Å². The van der Waals surface area contributed by atoms with Crippen molar-refractivity contribution in [3.8, 4) is 0 Å². The van der Waals surface area contributed by atoms with Gasteiger partial charge in [0.1, 0.15) is 0 Å². The molecule has 0 unspecified atom stereocenters. The van der Waals surface area contributed by atoms with Gasteiger partial charge in [-0.2, -0.15) is 62.3 Å². The van der Waals surface area contributed by atoms with Gasteiger partial charge >= 0.3 is 0 Å². The second kappa shape index (κ2) is 18.4. The molecule has 83 valence electrons. The topological polar surface area (TPSA) is 0 Å². The molecular weight excluding hydrogens is 195 g/mol. The number of hydrogen-bond acceptors (Lipinski definition) is 0. The van der Waals surface area contributed by atoms with Crippen LogP contribution in [0.1, 0.15) is 62.3 Å². The molecule has 0 aromatic rings. The van der Waals surface area contributed by atoms with Crippen molar-refractivity contribution in [3.63, 3.8) is 0 Å². The van der Waals surface area contributed by atoms with E-state index in [2.05, 4.69) is 62.3 Å². The van der Waals surface area contributed by atoms with Crippen molar-refractivity contribution in [2.45, 2.75) is 62.3 Å². The van der Waals surface area contributed by atoms with Gasteiger partial charge in [0.25, 0.3) is 0 Å². The molecular formula is C12H27V-3. The van der Waals surface area contributed by atoms with Crippen LogP contribution in [0, 0.1) is 17.8 Å². The third-order valence-electron chi connectivity index (χ3n) is 0. The first kappa shape index (κ1) is 23.4. The summed E-state index contributed by atoms with van der Waals surface area (Å²) >= 11 is 0. The van der Waals surface area contributed by atoms with Crippen molar-refractivity contribution >= 4 is 0 Å². The Hall–Kier alpha value is 0.584. The quantitative estimate of drug-likeness (QED) is 0.513. The molecule has 0 saturated heterocycles. The molecule has 0 aromatic heterocycles. The van der Waals surface area contributed by atoms with Gasteiger partial charge in [-0.25, -0.2) is 0 Å². The van der Waals surface area contributed by atoms with Crippen LogP contribution in [0.25, 0.3) is 0 Å². The molecule has 13 heavy (non-hydrogen) atoms. The van der Waals surface area contributed by atoms with E-state index in [1.807, 2.05) is 0 Å². The van der Waals surface area contributed by atoms with E-state index in [4.69, 9.17) is 0 Å². The standard InChI is InChI=1S/3C4H9.V/c3*1-4(2)3;/h3*1-3H3;/q3*-1;. The normalized spacial score (nSPS) is 8.31. The maximum absolute atomic E-state index is 2.08. The fraction of sp³-hybridized carbons (Fsp3) is 0.750. The summed E-state index contributed by atoms with van der Waals surface area (Å²) in [4.78, 5) is 0. The fourth-order valence-corrected chi connectivity index (χ4v) is 0. The van der Waals surface area contributed by atoms with Crippen molar-refractivity contribution in [1.82, 2.24) is 0 Å². The Balaban J connectivity index is -0.0000000450. The van der Waals surface area contributed by atoms with E-state index in [-0.39, 0.29) is 18.6 Å². The Bertz CT molecular complexity index is 33.6. The van der Waals surface area contributed by atoms with Gasteiger partial charge in [0.2, 0.25) is 0 Å². The molecule has 0 heterocycles. The SMILES string of the molecule is C[C-](C)C.C[C-](C)C.C[C-](C)C.[V]. The Morgan fingerprint density at radius 3 is 0.385 bits per heavy atom. The van der Waals surface area contributed by atoms with E-state index < -0.39 is 0 Å². The summed E-state index contributed by atoms with van der Waals surface area (Å²) in [5.41, 5.74) is 0. The van der Waals surface area contributed by atoms with Gasteiger partial charge < -0.3 is 17.8 Å². The second-order valence-electron chi connectivity index (χ2n) is 4.50. The zero-order chi connectivity index (χ0) is 10.7. The van der Waals surface area contributed by atoms with E-state index >= 15 is 0 Å². The van der Waals surface area contributed by atoms with Crippen LogP contribution in [0.15, 0.2) is 0 Å². The molecule has 1 radical (unpaired) electrons. The zero-order valence-electron chi connectivity index (χ0n) is 10.9. The molecule has 0 nitrogen and oxygen atoms in total. The van der Waals surface area contributed by atoms with Crippen LogP contribution in [0.3, 0.4) is 0 Å². The maximum atomic E-state index is 2.08. The van der Waals surface area contributed by atoms with Crippen molar-refractivity contribution in [2.75, 3.05) is 0 Å². The molecule has 0 aliphatic rings. The molecule has 0 saturated carbocycles. The predicted molar refractivity (Wildman–Crippen MR) is 60.8 cm³/mol. The van der Waals surface area contributed by atoms with E-state index in [9.17, 15) is 0 Å². The van der Waals surface area contributed by atoms with Crippen molar-refractivity contribution in [2.24, 2.45) is 0 Å². The van der Waals surface area contributed by atoms with E-state index in [0.29, 0.717) is 0 Å². The summed E-state index contributed by atoms with van der Waals surface area (Å²) in [6.07, 6.45) is 0. The van der Waals surface area contributed by atoms with Gasteiger partial charge in [-0.15, -0.1) is 0 Å². The first-order chi connectivity index (χ1) is 5.20. The maximum Gasteiger partial charge on any atom is 0 e. The Morgan fingerprint density at radius 1 is 0.385 bits per heavy atom. The molecule has 0 N–H and O–H groups in total. The van der Waals surface area contributed by atoms with Crippen molar-refractivity contribution in [1.29, 1.82) is 0 Å². The molecule has 0 atom stereocenters. The Morgan fingerprint density at radius 2 is 0.385 bits per heavy atom. The minimum absolute atomic E-state index is 0. The summed E-state index contributed by atoms with van der Waals surface area (Å²) in [6, 6.07) is 0. The van der Waals surface area contributed by atoms with E-state index in [1.165, 1.54) is 17.8 Å². The summed E-state index contributed by atoms with van der Waals surface area (Å²) in [7, 11) is 0. The minimum atomic E-state index is 0. The van der Waals surface area contributed by atoms with E-state index in [1.54, 1.807) is 0 Å². The molecule has 1 heteroatoms. The van der Waals surface area contributed by atoms with Crippen LogP contribution in [-0.4, -0.2) is 0 Å². The average Bonchev–Trinajstić information content (AvgIpc) is 1.54. The van der Waals surface area contributed by atoms with Gasteiger partial charge in [-0.3, -0.25) is 0 Å². The van der Waals surface area contributed by atoms with Gasteiger partial charge in [-0.1, -0.05) is 0 Å². The molecule has 0 bridgehead atoms. The molecule has 0 aliphatic heterocycles. The van der Waals surface area contributed by atoms with Gasteiger partial charge in [0.05, 0.1) is 0 Å². The second-order valence-corrected chi connectivity index (χ2v) is 4.50. The third kappa shape index (κ3) is 4130. The van der Waals surface area contributed by atoms with Crippen LogP contribution in [0.2, 0.25) is 0 Å².